The highest BCUT2D eigenvalue weighted by molar-refractivity contribution is 5.89. The largest absolute Gasteiger partial charge is 0.508 e. The SMILES string of the molecule is CC(NC(=O)Nc1ccc(C(C)C)cc1)Oc1ccc(O)cc1. The number of nitrogens with one attached hydrogen (secondary N) is 2. The van der Waals surface area contributed by atoms with Gasteiger partial charge in [0.05, 0.1) is 0 Å². The van der Waals surface area contributed by atoms with Crippen molar-refractivity contribution in [3.8, 4) is 11.5 Å². The molecule has 0 radical (unpaired) electrons. The summed E-state index contributed by atoms with van der Waals surface area (Å²) in [4.78, 5) is 11.9. The van der Waals surface area contributed by atoms with Gasteiger partial charge in [-0.3, -0.25) is 0 Å². The second-order valence-electron chi connectivity index (χ2n) is 5.63. The summed E-state index contributed by atoms with van der Waals surface area (Å²) in [5, 5.41) is 14.7. The molecule has 0 aliphatic carbocycles. The summed E-state index contributed by atoms with van der Waals surface area (Å²) in [5.41, 5.74) is 1.95. The van der Waals surface area contributed by atoms with E-state index in [1.165, 1.54) is 17.7 Å². The van der Waals surface area contributed by atoms with Crippen LogP contribution in [0.4, 0.5) is 10.5 Å². The monoisotopic (exact) mass is 314 g/mol. The van der Waals surface area contributed by atoms with E-state index < -0.39 is 6.23 Å². The molecular weight excluding hydrogens is 292 g/mol. The molecule has 0 bridgehead atoms. The van der Waals surface area contributed by atoms with E-state index in [1.54, 1.807) is 19.1 Å². The molecule has 1 atom stereocenters. The molecule has 5 nitrogen and oxygen atoms in total. The third kappa shape index (κ3) is 5.21. The topological polar surface area (TPSA) is 70.6 Å². The number of anilines is 1. The lowest BCUT2D eigenvalue weighted by molar-refractivity contribution is 0.183. The van der Waals surface area contributed by atoms with Crippen molar-refractivity contribution in [1.29, 1.82) is 0 Å². The van der Waals surface area contributed by atoms with Crippen LogP contribution in [0.15, 0.2) is 48.5 Å². The van der Waals surface area contributed by atoms with Gasteiger partial charge in [0.1, 0.15) is 11.5 Å². The first kappa shape index (κ1) is 16.7. The maximum absolute atomic E-state index is 11.9. The number of hydrogen-bond donors (Lipinski definition) is 3. The second kappa shape index (κ2) is 7.54. The van der Waals surface area contributed by atoms with Gasteiger partial charge in [-0.25, -0.2) is 4.79 Å². The molecule has 0 aliphatic rings. The fourth-order valence-corrected chi connectivity index (χ4v) is 2.06. The number of hydrogen-bond acceptors (Lipinski definition) is 3. The molecule has 0 aliphatic heterocycles. The second-order valence-corrected chi connectivity index (χ2v) is 5.63. The summed E-state index contributed by atoms with van der Waals surface area (Å²) in [6.07, 6.45) is -0.505. The van der Waals surface area contributed by atoms with Gasteiger partial charge in [0.2, 0.25) is 0 Å². The van der Waals surface area contributed by atoms with Crippen LogP contribution in [0.3, 0.4) is 0 Å². The summed E-state index contributed by atoms with van der Waals surface area (Å²) >= 11 is 0. The van der Waals surface area contributed by atoms with Crippen LogP contribution in [0.25, 0.3) is 0 Å². The third-order valence-electron chi connectivity index (χ3n) is 3.32. The maximum atomic E-state index is 11.9. The lowest BCUT2D eigenvalue weighted by Crippen LogP contribution is -2.39. The molecule has 2 rings (SSSR count). The van der Waals surface area contributed by atoms with E-state index >= 15 is 0 Å². The lowest BCUT2D eigenvalue weighted by Gasteiger charge is -2.17. The standard InChI is InChI=1S/C18H22N2O3/c1-12(2)14-4-6-15(7-5-14)20-18(22)19-13(3)23-17-10-8-16(21)9-11-17/h4-13,21H,1-3H3,(H2,19,20,22). The molecule has 122 valence electrons. The highest BCUT2D eigenvalue weighted by atomic mass is 16.5. The molecule has 0 fully saturated rings. The van der Waals surface area contributed by atoms with E-state index in [9.17, 15) is 9.90 Å². The number of carbonyl (C=O) groups is 1. The Kier molecular flexibility index (Phi) is 5.46. The van der Waals surface area contributed by atoms with Crippen molar-refractivity contribution >= 4 is 11.7 Å². The number of rotatable bonds is 5. The van der Waals surface area contributed by atoms with E-state index in [1.807, 2.05) is 24.3 Å². The first-order valence-electron chi connectivity index (χ1n) is 7.57. The number of ether oxygens (including phenoxy) is 1. The van der Waals surface area contributed by atoms with Crippen LogP contribution >= 0.6 is 0 Å². The van der Waals surface area contributed by atoms with Gasteiger partial charge < -0.3 is 20.5 Å². The van der Waals surface area contributed by atoms with Gasteiger partial charge in [0.15, 0.2) is 6.23 Å². The third-order valence-corrected chi connectivity index (χ3v) is 3.32. The summed E-state index contributed by atoms with van der Waals surface area (Å²) in [5.74, 6) is 1.19. The molecule has 1 unspecified atom stereocenters. The van der Waals surface area contributed by atoms with Crippen molar-refractivity contribution in [3.63, 3.8) is 0 Å². The Morgan fingerprint density at radius 3 is 2.17 bits per heavy atom. The summed E-state index contributed by atoms with van der Waals surface area (Å²) in [7, 11) is 0. The Morgan fingerprint density at radius 2 is 1.61 bits per heavy atom. The van der Waals surface area contributed by atoms with Gasteiger partial charge in [-0.2, -0.15) is 0 Å². The zero-order chi connectivity index (χ0) is 16.8. The minimum absolute atomic E-state index is 0.167. The molecule has 2 aromatic carbocycles. The van der Waals surface area contributed by atoms with Crippen LogP contribution in [-0.2, 0) is 0 Å². The number of carbonyl (C=O) groups excluding carboxylic acids is 1. The van der Waals surface area contributed by atoms with Crippen molar-refractivity contribution in [2.24, 2.45) is 0 Å². The normalized spacial score (nSPS) is 11.8. The van der Waals surface area contributed by atoms with Crippen molar-refractivity contribution in [3.05, 3.63) is 54.1 Å². The van der Waals surface area contributed by atoms with Crippen LogP contribution in [0.1, 0.15) is 32.3 Å². The van der Waals surface area contributed by atoms with Crippen molar-refractivity contribution < 1.29 is 14.6 Å². The van der Waals surface area contributed by atoms with Crippen LogP contribution in [0, 0.1) is 0 Å². The van der Waals surface area contributed by atoms with Crippen molar-refractivity contribution in [1.82, 2.24) is 5.32 Å². The Hall–Kier alpha value is -2.69. The van der Waals surface area contributed by atoms with E-state index in [2.05, 4.69) is 24.5 Å². The predicted molar refractivity (Wildman–Crippen MR) is 90.9 cm³/mol. The zero-order valence-electron chi connectivity index (χ0n) is 13.5. The fraction of sp³-hybridized carbons (Fsp3) is 0.278. The van der Waals surface area contributed by atoms with Gasteiger partial charge in [-0.1, -0.05) is 26.0 Å². The van der Waals surface area contributed by atoms with Gasteiger partial charge in [-0.15, -0.1) is 0 Å². The molecule has 2 aromatic rings. The number of phenolic OH excluding ortho intramolecular Hbond substituents is 1. The van der Waals surface area contributed by atoms with E-state index in [0.29, 0.717) is 11.7 Å². The molecule has 0 spiro atoms. The highest BCUT2D eigenvalue weighted by Crippen LogP contribution is 2.18. The van der Waals surface area contributed by atoms with Crippen LogP contribution in [0.2, 0.25) is 0 Å². The zero-order valence-corrected chi connectivity index (χ0v) is 13.5. The Balaban J connectivity index is 1.84. The van der Waals surface area contributed by atoms with Gasteiger partial charge in [-0.05, 0) is 54.8 Å². The number of urea groups is 1. The molecular formula is C18H22N2O3. The summed E-state index contributed by atoms with van der Waals surface area (Å²) < 4.78 is 5.55. The molecule has 0 saturated heterocycles. The Bertz CT molecular complexity index is 636. The Morgan fingerprint density at radius 1 is 1.00 bits per heavy atom. The number of aromatic hydroxyl groups is 1. The molecule has 5 heteroatoms. The van der Waals surface area contributed by atoms with Gasteiger partial charge in [0.25, 0.3) is 0 Å². The van der Waals surface area contributed by atoms with Crippen molar-refractivity contribution in [2.45, 2.75) is 32.9 Å². The molecule has 3 N–H and O–H groups in total. The molecule has 0 aromatic heterocycles. The first-order valence-corrected chi connectivity index (χ1v) is 7.57. The molecule has 0 heterocycles. The van der Waals surface area contributed by atoms with Crippen LogP contribution in [0.5, 0.6) is 11.5 Å². The first-order chi connectivity index (χ1) is 10.9. The number of benzene rings is 2. The highest BCUT2D eigenvalue weighted by Gasteiger charge is 2.09. The van der Waals surface area contributed by atoms with Gasteiger partial charge in [0, 0.05) is 5.69 Å². The van der Waals surface area contributed by atoms with E-state index in [-0.39, 0.29) is 11.8 Å². The maximum Gasteiger partial charge on any atom is 0.322 e. The van der Waals surface area contributed by atoms with E-state index in [4.69, 9.17) is 4.74 Å². The average Bonchev–Trinajstić information content (AvgIpc) is 2.50. The molecule has 2 amide bonds. The summed E-state index contributed by atoms with van der Waals surface area (Å²) in [6, 6.07) is 13.7. The van der Waals surface area contributed by atoms with E-state index in [0.717, 1.165) is 5.69 Å². The quantitative estimate of drug-likeness (QED) is 0.729. The molecule has 23 heavy (non-hydrogen) atoms. The minimum atomic E-state index is -0.505. The number of phenols is 1. The molecule has 0 saturated carbocycles. The fourth-order valence-electron chi connectivity index (χ4n) is 2.06. The lowest BCUT2D eigenvalue weighted by atomic mass is 10.0. The van der Waals surface area contributed by atoms with Crippen molar-refractivity contribution in [2.75, 3.05) is 5.32 Å². The number of amides is 2. The van der Waals surface area contributed by atoms with Crippen LogP contribution in [-0.4, -0.2) is 17.4 Å². The van der Waals surface area contributed by atoms with Gasteiger partial charge >= 0.3 is 6.03 Å². The predicted octanol–water partition coefficient (Wildman–Crippen LogP) is 4.06. The smallest absolute Gasteiger partial charge is 0.322 e. The average molecular weight is 314 g/mol. The summed E-state index contributed by atoms with van der Waals surface area (Å²) in [6.45, 7) is 5.98. The van der Waals surface area contributed by atoms with Crippen LogP contribution < -0.4 is 15.4 Å². The Labute approximate surface area is 136 Å². The minimum Gasteiger partial charge on any atom is -0.508 e.